The fourth-order valence-corrected chi connectivity index (χ4v) is 5.41. The number of hydrogen-bond donors (Lipinski definition) is 3. The van der Waals surface area contributed by atoms with Gasteiger partial charge in [-0.25, -0.2) is 0 Å². The van der Waals surface area contributed by atoms with Gasteiger partial charge in [0.2, 0.25) is 5.91 Å². The second kappa shape index (κ2) is 15.6. The van der Waals surface area contributed by atoms with Crippen molar-refractivity contribution in [1.29, 1.82) is 0 Å². The summed E-state index contributed by atoms with van der Waals surface area (Å²) in [7, 11) is 0. The van der Waals surface area contributed by atoms with Gasteiger partial charge in [0.1, 0.15) is 11.8 Å². The van der Waals surface area contributed by atoms with Crippen molar-refractivity contribution >= 4 is 23.6 Å². The number of benzene rings is 2. The predicted molar refractivity (Wildman–Crippen MR) is 152 cm³/mol. The molecule has 0 aromatic heterocycles. The summed E-state index contributed by atoms with van der Waals surface area (Å²) in [5, 5.41) is 19.8. The molecule has 1 amide bonds. The van der Waals surface area contributed by atoms with E-state index >= 15 is 0 Å². The van der Waals surface area contributed by atoms with E-state index in [2.05, 4.69) is 6.07 Å². The maximum Gasteiger partial charge on any atom is 0.323 e. The number of rotatable bonds is 15. The fourth-order valence-electron chi connectivity index (χ4n) is 4.47. The number of phenolic OH excluding ortho intramolecular Hbond substituents is 1. The zero-order chi connectivity index (χ0) is 27.3. The van der Waals surface area contributed by atoms with Crippen LogP contribution in [0.1, 0.15) is 42.4 Å². The normalized spacial score (nSPS) is 17.2. The van der Waals surface area contributed by atoms with Crippen molar-refractivity contribution in [2.45, 2.75) is 63.6 Å². The van der Waals surface area contributed by atoms with Gasteiger partial charge in [-0.05, 0) is 61.6 Å². The van der Waals surface area contributed by atoms with Crippen LogP contribution in [-0.2, 0) is 27.2 Å². The van der Waals surface area contributed by atoms with E-state index in [1.807, 2.05) is 42.2 Å². The number of carbonyl (C=O) groups excluding carboxylic acids is 2. The van der Waals surface area contributed by atoms with Crippen molar-refractivity contribution < 1.29 is 24.5 Å². The van der Waals surface area contributed by atoms with E-state index < -0.39 is 18.1 Å². The molecule has 8 heteroatoms. The molecule has 1 fully saturated rings. The van der Waals surface area contributed by atoms with Gasteiger partial charge in [0, 0.05) is 25.1 Å². The van der Waals surface area contributed by atoms with Crippen molar-refractivity contribution in [3.63, 3.8) is 0 Å². The zero-order valence-electron chi connectivity index (χ0n) is 22.1. The van der Waals surface area contributed by atoms with Gasteiger partial charge in [-0.3, -0.25) is 9.59 Å². The smallest absolute Gasteiger partial charge is 0.323 e. The van der Waals surface area contributed by atoms with Gasteiger partial charge in [-0.2, -0.15) is 11.8 Å². The Morgan fingerprint density at radius 3 is 2.71 bits per heavy atom. The zero-order valence-corrected chi connectivity index (χ0v) is 22.9. The molecule has 0 saturated carbocycles. The molecule has 38 heavy (non-hydrogen) atoms. The minimum absolute atomic E-state index is 0.0421. The number of phenols is 1. The first-order valence-electron chi connectivity index (χ1n) is 13.3. The highest BCUT2D eigenvalue weighted by Gasteiger charge is 2.28. The van der Waals surface area contributed by atoms with Crippen LogP contribution in [0.25, 0.3) is 0 Å². The number of nitrogens with two attached hydrogens (primary N) is 1. The topological polar surface area (TPSA) is 113 Å². The Bertz CT molecular complexity index is 1060. The molecule has 2 aromatic carbocycles. The summed E-state index contributed by atoms with van der Waals surface area (Å²) in [5.41, 5.74) is 9.09. The number of aryl methyl sites for hydroxylation is 1. The third kappa shape index (κ3) is 10.2. The number of aliphatic hydroxyl groups is 1. The monoisotopic (exact) mass is 540 g/mol. The molecular formula is C30H40N2O5S. The number of amides is 1. The van der Waals surface area contributed by atoms with Crippen molar-refractivity contribution in [1.82, 2.24) is 4.90 Å². The molecule has 7 nitrogen and oxygen atoms in total. The fraction of sp³-hybridized carbons (Fsp3) is 0.467. The number of nitrogens with zero attached hydrogens (tertiary/aromatic N) is 1. The maximum absolute atomic E-state index is 12.4. The number of aliphatic hydroxyl groups excluding tert-OH is 1. The molecule has 1 aliphatic rings. The van der Waals surface area contributed by atoms with E-state index in [0.29, 0.717) is 32.4 Å². The Labute approximate surface area is 230 Å². The summed E-state index contributed by atoms with van der Waals surface area (Å²) in [5.74, 6) is 1.70. The SMILES string of the molecule is Cc1cccc(C[C@H](O)/C=C/[C@H]2CCC(=O)N2CCSCCCCOC(=O)[C@@H](N)Cc2ccc(O)cc2)c1. The van der Waals surface area contributed by atoms with E-state index in [1.54, 1.807) is 36.0 Å². The van der Waals surface area contributed by atoms with E-state index in [4.69, 9.17) is 10.5 Å². The van der Waals surface area contributed by atoms with Gasteiger partial charge < -0.3 is 25.6 Å². The molecule has 0 bridgehead atoms. The summed E-state index contributed by atoms with van der Waals surface area (Å²) >= 11 is 1.79. The highest BCUT2D eigenvalue weighted by Crippen LogP contribution is 2.21. The quantitative estimate of drug-likeness (QED) is 0.179. The predicted octanol–water partition coefficient (Wildman–Crippen LogP) is 3.78. The summed E-state index contributed by atoms with van der Waals surface area (Å²) in [4.78, 5) is 26.4. The van der Waals surface area contributed by atoms with Crippen LogP contribution in [0.5, 0.6) is 5.75 Å². The number of ether oxygens (including phenoxy) is 1. The van der Waals surface area contributed by atoms with Crippen LogP contribution in [0.3, 0.4) is 0 Å². The Hall–Kier alpha value is -2.81. The van der Waals surface area contributed by atoms with Crippen LogP contribution in [0.2, 0.25) is 0 Å². The second-order valence-corrected chi connectivity index (χ2v) is 11.0. The van der Waals surface area contributed by atoms with Crippen LogP contribution < -0.4 is 5.73 Å². The third-order valence-electron chi connectivity index (χ3n) is 6.56. The van der Waals surface area contributed by atoms with Gasteiger partial charge in [0.05, 0.1) is 18.8 Å². The van der Waals surface area contributed by atoms with Gasteiger partial charge in [-0.15, -0.1) is 0 Å². The number of likely N-dealkylation sites (tertiary alicyclic amines) is 1. The van der Waals surface area contributed by atoms with Crippen molar-refractivity contribution in [2.24, 2.45) is 5.73 Å². The molecule has 0 aliphatic carbocycles. The standard InChI is InChI=1S/C30H40N2O5S/c1-22-5-4-6-24(19-22)20-27(34)13-9-25-10-14-29(35)32(25)15-18-38-17-3-2-16-37-30(36)28(31)21-23-7-11-26(33)12-8-23/h4-9,11-13,19,25,27-28,33-34H,2-3,10,14-18,20-21,31H2,1H3/b13-9+/t25-,27+,28-/m0/s1. The number of unbranched alkanes of at least 4 members (excludes halogenated alkanes) is 1. The van der Waals surface area contributed by atoms with Gasteiger partial charge in [0.15, 0.2) is 0 Å². The number of hydrogen-bond acceptors (Lipinski definition) is 7. The lowest BCUT2D eigenvalue weighted by atomic mass is 10.0. The van der Waals surface area contributed by atoms with Crippen LogP contribution in [0.4, 0.5) is 0 Å². The summed E-state index contributed by atoms with van der Waals surface area (Å²) < 4.78 is 5.30. The van der Waals surface area contributed by atoms with Crippen molar-refractivity contribution in [3.8, 4) is 5.75 Å². The van der Waals surface area contributed by atoms with Crippen LogP contribution >= 0.6 is 11.8 Å². The number of aromatic hydroxyl groups is 1. The van der Waals surface area contributed by atoms with Crippen molar-refractivity contribution in [2.75, 3.05) is 24.7 Å². The number of thioether (sulfide) groups is 1. The molecule has 1 aliphatic heterocycles. The average molecular weight is 541 g/mol. The molecule has 0 radical (unpaired) electrons. The Morgan fingerprint density at radius 1 is 1.16 bits per heavy atom. The van der Waals surface area contributed by atoms with E-state index in [9.17, 15) is 19.8 Å². The summed E-state index contributed by atoms with van der Waals surface area (Å²) in [6.07, 6.45) is 7.18. The highest BCUT2D eigenvalue weighted by molar-refractivity contribution is 7.99. The van der Waals surface area contributed by atoms with Gasteiger partial charge in [0.25, 0.3) is 0 Å². The summed E-state index contributed by atoms with van der Waals surface area (Å²) in [6.45, 7) is 3.07. The first-order chi connectivity index (χ1) is 18.3. The van der Waals surface area contributed by atoms with Crippen molar-refractivity contribution in [3.05, 3.63) is 77.4 Å². The van der Waals surface area contributed by atoms with Crippen LogP contribution in [-0.4, -0.2) is 69.8 Å². The molecule has 0 spiro atoms. The van der Waals surface area contributed by atoms with Crippen LogP contribution in [0.15, 0.2) is 60.7 Å². The molecule has 4 N–H and O–H groups in total. The summed E-state index contributed by atoms with van der Waals surface area (Å²) in [6, 6.07) is 14.1. The Kier molecular flexibility index (Phi) is 12.2. The highest BCUT2D eigenvalue weighted by atomic mass is 32.2. The molecule has 1 saturated heterocycles. The Morgan fingerprint density at radius 2 is 1.95 bits per heavy atom. The maximum atomic E-state index is 12.4. The molecule has 3 atom stereocenters. The minimum Gasteiger partial charge on any atom is -0.508 e. The lowest BCUT2D eigenvalue weighted by Gasteiger charge is -2.22. The van der Waals surface area contributed by atoms with E-state index in [1.165, 1.54) is 5.56 Å². The first kappa shape index (κ1) is 29.7. The second-order valence-electron chi connectivity index (χ2n) is 9.80. The average Bonchev–Trinajstić information content (AvgIpc) is 3.24. The number of carbonyl (C=O) groups is 2. The number of esters is 1. The molecule has 1 heterocycles. The molecule has 0 unspecified atom stereocenters. The third-order valence-corrected chi connectivity index (χ3v) is 7.60. The molecule has 206 valence electrons. The lowest BCUT2D eigenvalue weighted by Crippen LogP contribution is -2.34. The Balaban J connectivity index is 1.27. The van der Waals surface area contributed by atoms with Gasteiger partial charge >= 0.3 is 5.97 Å². The largest absolute Gasteiger partial charge is 0.508 e. The molecule has 3 rings (SSSR count). The van der Waals surface area contributed by atoms with Crippen LogP contribution in [0, 0.1) is 6.92 Å². The molecule has 2 aromatic rings. The van der Waals surface area contributed by atoms with Gasteiger partial charge in [-0.1, -0.05) is 54.1 Å². The minimum atomic E-state index is -0.724. The first-order valence-corrected chi connectivity index (χ1v) is 14.5. The molecular weight excluding hydrogens is 500 g/mol. The lowest BCUT2D eigenvalue weighted by molar-refractivity contribution is -0.145. The van der Waals surface area contributed by atoms with E-state index in [-0.39, 0.29) is 17.7 Å². The van der Waals surface area contributed by atoms with E-state index in [0.717, 1.165) is 41.9 Å².